The number of anilines is 1. The van der Waals surface area contributed by atoms with Gasteiger partial charge in [0.2, 0.25) is 0 Å². The van der Waals surface area contributed by atoms with Crippen LogP contribution in [-0.2, 0) is 11.2 Å². The SMILES string of the molecule is O=C(c1cncc(C(=O)N2CCCc3ccccc32)c1)N1CCOCC1. The molecule has 2 aromatic rings. The molecule has 134 valence electrons. The quantitative estimate of drug-likeness (QED) is 0.832. The zero-order chi connectivity index (χ0) is 17.9. The van der Waals surface area contributed by atoms with E-state index in [4.69, 9.17) is 4.74 Å². The molecule has 0 spiro atoms. The van der Waals surface area contributed by atoms with Crippen LogP contribution in [0.4, 0.5) is 5.69 Å². The minimum absolute atomic E-state index is 0.102. The number of carbonyl (C=O) groups is 2. The summed E-state index contributed by atoms with van der Waals surface area (Å²) < 4.78 is 5.29. The number of ether oxygens (including phenoxy) is 1. The number of carbonyl (C=O) groups excluding carboxylic acids is 2. The van der Waals surface area contributed by atoms with Crippen LogP contribution in [0.5, 0.6) is 0 Å². The minimum atomic E-state index is -0.110. The van der Waals surface area contributed by atoms with Crippen LogP contribution >= 0.6 is 0 Å². The zero-order valence-corrected chi connectivity index (χ0v) is 14.6. The van der Waals surface area contributed by atoms with Gasteiger partial charge in [0.1, 0.15) is 0 Å². The van der Waals surface area contributed by atoms with E-state index in [-0.39, 0.29) is 11.8 Å². The summed E-state index contributed by atoms with van der Waals surface area (Å²) in [6.45, 7) is 2.90. The van der Waals surface area contributed by atoms with Crippen molar-refractivity contribution in [3.8, 4) is 0 Å². The fourth-order valence-electron chi connectivity index (χ4n) is 3.52. The number of rotatable bonds is 2. The van der Waals surface area contributed by atoms with Gasteiger partial charge in [-0.15, -0.1) is 0 Å². The largest absolute Gasteiger partial charge is 0.378 e. The number of amides is 2. The number of nitrogens with zero attached hydrogens (tertiary/aromatic N) is 3. The van der Waals surface area contributed by atoms with Crippen molar-refractivity contribution in [1.82, 2.24) is 9.88 Å². The first kappa shape index (κ1) is 16.7. The van der Waals surface area contributed by atoms with Crippen molar-refractivity contribution in [1.29, 1.82) is 0 Å². The number of aromatic nitrogens is 1. The van der Waals surface area contributed by atoms with E-state index in [1.807, 2.05) is 18.2 Å². The van der Waals surface area contributed by atoms with E-state index in [1.54, 1.807) is 15.9 Å². The second kappa shape index (κ2) is 7.25. The van der Waals surface area contributed by atoms with Crippen molar-refractivity contribution >= 4 is 17.5 Å². The number of para-hydroxylation sites is 1. The number of morpholine rings is 1. The third-order valence-electron chi connectivity index (χ3n) is 4.89. The number of hydrogen-bond donors (Lipinski definition) is 0. The fourth-order valence-corrected chi connectivity index (χ4v) is 3.52. The molecule has 0 bridgehead atoms. The second-order valence-corrected chi connectivity index (χ2v) is 6.56. The van der Waals surface area contributed by atoms with Crippen LogP contribution in [0.2, 0.25) is 0 Å². The first-order valence-corrected chi connectivity index (χ1v) is 8.96. The fraction of sp³-hybridized carbons (Fsp3) is 0.350. The van der Waals surface area contributed by atoms with Crippen molar-refractivity contribution in [2.24, 2.45) is 0 Å². The molecule has 2 amide bonds. The lowest BCUT2D eigenvalue weighted by molar-refractivity contribution is 0.0302. The van der Waals surface area contributed by atoms with Crippen LogP contribution in [0.1, 0.15) is 32.7 Å². The van der Waals surface area contributed by atoms with Crippen LogP contribution in [0, 0.1) is 0 Å². The maximum absolute atomic E-state index is 13.1. The topological polar surface area (TPSA) is 62.7 Å². The monoisotopic (exact) mass is 351 g/mol. The Morgan fingerprint density at radius 1 is 0.962 bits per heavy atom. The predicted octanol–water partition coefficient (Wildman–Crippen LogP) is 2.15. The van der Waals surface area contributed by atoms with E-state index in [0.717, 1.165) is 18.5 Å². The smallest absolute Gasteiger partial charge is 0.259 e. The summed E-state index contributed by atoms with van der Waals surface area (Å²) in [6, 6.07) is 9.63. The Bertz CT molecular complexity index is 831. The number of pyridine rings is 1. The maximum atomic E-state index is 13.1. The standard InChI is InChI=1S/C20H21N3O3/c24-19(22-8-10-26-11-9-22)16-12-17(14-21-13-16)20(25)23-7-3-5-15-4-1-2-6-18(15)23/h1-2,4,6,12-14H,3,5,7-11H2. The molecule has 26 heavy (non-hydrogen) atoms. The van der Waals surface area contributed by atoms with Gasteiger partial charge in [-0.2, -0.15) is 0 Å². The number of hydrogen-bond acceptors (Lipinski definition) is 4. The van der Waals surface area contributed by atoms with Gasteiger partial charge in [-0.3, -0.25) is 14.6 Å². The predicted molar refractivity (Wildman–Crippen MR) is 97.4 cm³/mol. The lowest BCUT2D eigenvalue weighted by atomic mass is 10.0. The highest BCUT2D eigenvalue weighted by molar-refractivity contribution is 6.08. The molecular weight excluding hydrogens is 330 g/mol. The zero-order valence-electron chi connectivity index (χ0n) is 14.6. The average molecular weight is 351 g/mol. The van der Waals surface area contributed by atoms with Crippen molar-refractivity contribution in [3.05, 3.63) is 59.4 Å². The molecule has 1 aromatic heterocycles. The molecule has 0 radical (unpaired) electrons. The third kappa shape index (κ3) is 3.20. The first-order chi connectivity index (χ1) is 12.7. The van der Waals surface area contributed by atoms with E-state index in [1.165, 1.54) is 18.0 Å². The average Bonchev–Trinajstić information content (AvgIpc) is 2.73. The highest BCUT2D eigenvalue weighted by atomic mass is 16.5. The lowest BCUT2D eigenvalue weighted by Crippen LogP contribution is -2.41. The van der Waals surface area contributed by atoms with Crippen LogP contribution in [-0.4, -0.2) is 54.5 Å². The molecule has 2 aliphatic heterocycles. The van der Waals surface area contributed by atoms with Crippen molar-refractivity contribution in [2.75, 3.05) is 37.7 Å². The molecule has 4 rings (SSSR count). The first-order valence-electron chi connectivity index (χ1n) is 8.96. The highest BCUT2D eigenvalue weighted by Crippen LogP contribution is 2.28. The molecule has 0 unspecified atom stereocenters. The van der Waals surface area contributed by atoms with E-state index in [2.05, 4.69) is 11.1 Å². The van der Waals surface area contributed by atoms with Gasteiger partial charge >= 0.3 is 0 Å². The molecule has 0 N–H and O–H groups in total. The molecular formula is C20H21N3O3. The molecule has 6 heteroatoms. The Hall–Kier alpha value is -2.73. The molecule has 6 nitrogen and oxygen atoms in total. The van der Waals surface area contributed by atoms with Crippen LogP contribution < -0.4 is 4.90 Å². The van der Waals surface area contributed by atoms with Gasteiger partial charge in [-0.25, -0.2) is 0 Å². The van der Waals surface area contributed by atoms with Gasteiger partial charge in [-0.05, 0) is 30.5 Å². The summed E-state index contributed by atoms with van der Waals surface area (Å²) in [4.78, 5) is 33.4. The van der Waals surface area contributed by atoms with E-state index in [0.29, 0.717) is 44.0 Å². The van der Waals surface area contributed by atoms with Gasteiger partial charge in [0.25, 0.3) is 11.8 Å². The van der Waals surface area contributed by atoms with Crippen LogP contribution in [0.15, 0.2) is 42.7 Å². The molecule has 0 aliphatic carbocycles. The molecule has 1 saturated heterocycles. The Labute approximate surface area is 152 Å². The van der Waals surface area contributed by atoms with Crippen LogP contribution in [0.25, 0.3) is 0 Å². The molecule has 3 heterocycles. The highest BCUT2D eigenvalue weighted by Gasteiger charge is 2.25. The second-order valence-electron chi connectivity index (χ2n) is 6.56. The molecule has 2 aliphatic rings. The van der Waals surface area contributed by atoms with Crippen molar-refractivity contribution < 1.29 is 14.3 Å². The summed E-state index contributed by atoms with van der Waals surface area (Å²) in [7, 11) is 0. The summed E-state index contributed by atoms with van der Waals surface area (Å²) >= 11 is 0. The Kier molecular flexibility index (Phi) is 4.67. The molecule has 0 atom stereocenters. The van der Waals surface area contributed by atoms with Gasteiger partial charge in [0.15, 0.2) is 0 Å². The van der Waals surface area contributed by atoms with E-state index in [9.17, 15) is 9.59 Å². The Morgan fingerprint density at radius 2 is 1.69 bits per heavy atom. The van der Waals surface area contributed by atoms with Crippen LogP contribution in [0.3, 0.4) is 0 Å². The summed E-state index contributed by atoms with van der Waals surface area (Å²) in [6.07, 6.45) is 4.98. The van der Waals surface area contributed by atoms with Gasteiger partial charge in [0, 0.05) is 37.7 Å². The lowest BCUT2D eigenvalue weighted by Gasteiger charge is -2.29. The Morgan fingerprint density at radius 3 is 2.50 bits per heavy atom. The minimum Gasteiger partial charge on any atom is -0.378 e. The number of benzene rings is 1. The molecule has 1 aromatic carbocycles. The van der Waals surface area contributed by atoms with Gasteiger partial charge in [0.05, 0.1) is 24.3 Å². The summed E-state index contributed by atoms with van der Waals surface area (Å²) in [5.74, 6) is -0.212. The van der Waals surface area contributed by atoms with E-state index < -0.39 is 0 Å². The number of fused-ring (bicyclic) bond motifs is 1. The van der Waals surface area contributed by atoms with Crippen molar-refractivity contribution in [2.45, 2.75) is 12.8 Å². The normalized spacial score (nSPS) is 16.9. The van der Waals surface area contributed by atoms with Crippen molar-refractivity contribution in [3.63, 3.8) is 0 Å². The third-order valence-corrected chi connectivity index (χ3v) is 4.89. The molecule has 1 fully saturated rings. The van der Waals surface area contributed by atoms with Gasteiger partial charge in [-0.1, -0.05) is 18.2 Å². The Balaban J connectivity index is 1.59. The molecule has 0 saturated carbocycles. The van der Waals surface area contributed by atoms with E-state index >= 15 is 0 Å². The summed E-state index contributed by atoms with van der Waals surface area (Å²) in [5, 5.41) is 0. The number of aryl methyl sites for hydroxylation is 1. The maximum Gasteiger partial charge on any atom is 0.259 e. The van der Waals surface area contributed by atoms with Gasteiger partial charge < -0.3 is 14.5 Å². The summed E-state index contributed by atoms with van der Waals surface area (Å²) in [5.41, 5.74) is 3.03.